The molecule has 13 heavy (non-hydrogen) atoms. The highest BCUT2D eigenvalue weighted by Gasteiger charge is 2.12. The number of aromatic nitrogens is 4. The molecule has 1 rings (SSSR count). The van der Waals surface area contributed by atoms with Crippen molar-refractivity contribution in [3.8, 4) is 0 Å². The van der Waals surface area contributed by atoms with Crippen LogP contribution in [0.4, 0.5) is 0 Å². The molecule has 0 aliphatic rings. The van der Waals surface area contributed by atoms with E-state index in [4.69, 9.17) is 10.8 Å². The van der Waals surface area contributed by atoms with E-state index in [1.807, 2.05) is 0 Å². The van der Waals surface area contributed by atoms with Gasteiger partial charge in [0.15, 0.2) is 5.82 Å². The Labute approximate surface area is 74.5 Å². The monoisotopic (exact) mass is 185 g/mol. The number of carbonyl (C=O) groups is 1. The van der Waals surface area contributed by atoms with Crippen LogP contribution in [0.5, 0.6) is 0 Å². The van der Waals surface area contributed by atoms with Crippen LogP contribution < -0.4 is 5.73 Å². The molecule has 0 saturated heterocycles. The molecule has 72 valence electrons. The van der Waals surface area contributed by atoms with Gasteiger partial charge in [-0.3, -0.25) is 4.79 Å². The fourth-order valence-corrected chi connectivity index (χ4v) is 0.855. The Morgan fingerprint density at radius 2 is 2.46 bits per heavy atom. The molecule has 1 atom stereocenters. The summed E-state index contributed by atoms with van der Waals surface area (Å²) in [7, 11) is 1.63. The summed E-state index contributed by atoms with van der Waals surface area (Å²) in [5, 5.41) is 19.5. The molecule has 1 aromatic heterocycles. The first-order chi connectivity index (χ1) is 6.09. The zero-order chi connectivity index (χ0) is 9.84. The summed E-state index contributed by atoms with van der Waals surface area (Å²) in [6.07, 6.45) is 0.334. The average molecular weight is 185 g/mol. The van der Waals surface area contributed by atoms with Crippen molar-refractivity contribution in [1.82, 2.24) is 20.2 Å². The molecule has 0 fully saturated rings. The largest absolute Gasteiger partial charge is 0.481 e. The molecule has 0 bridgehead atoms. The van der Waals surface area contributed by atoms with Crippen molar-refractivity contribution >= 4 is 5.97 Å². The van der Waals surface area contributed by atoms with Gasteiger partial charge in [-0.15, -0.1) is 10.2 Å². The molecule has 0 radical (unpaired) electrons. The molecule has 1 aromatic rings. The molecule has 0 aromatic carbocycles. The van der Waals surface area contributed by atoms with Gasteiger partial charge >= 0.3 is 5.97 Å². The summed E-state index contributed by atoms with van der Waals surface area (Å²) >= 11 is 0. The molecule has 1 unspecified atom stereocenters. The summed E-state index contributed by atoms with van der Waals surface area (Å²) in [6, 6.07) is -0.454. The molecule has 0 spiro atoms. The highest BCUT2D eigenvalue weighted by molar-refractivity contribution is 5.66. The SMILES string of the molecule is Cn1nnc(C(N)CCC(=O)O)n1. The molecule has 1 heterocycles. The van der Waals surface area contributed by atoms with Gasteiger partial charge in [0.05, 0.1) is 13.1 Å². The second-order valence-electron chi connectivity index (χ2n) is 2.68. The molecule has 7 heteroatoms. The maximum absolute atomic E-state index is 10.2. The number of aryl methyl sites for hydroxylation is 1. The average Bonchev–Trinajstić information content (AvgIpc) is 2.47. The van der Waals surface area contributed by atoms with Crippen molar-refractivity contribution < 1.29 is 9.90 Å². The van der Waals surface area contributed by atoms with Crippen molar-refractivity contribution in [1.29, 1.82) is 0 Å². The Hall–Kier alpha value is -1.50. The summed E-state index contributed by atoms with van der Waals surface area (Å²) in [5.41, 5.74) is 5.61. The van der Waals surface area contributed by atoms with Gasteiger partial charge in [-0.05, 0) is 11.6 Å². The first-order valence-corrected chi connectivity index (χ1v) is 3.81. The smallest absolute Gasteiger partial charge is 0.303 e. The second kappa shape index (κ2) is 3.94. The van der Waals surface area contributed by atoms with Gasteiger partial charge < -0.3 is 10.8 Å². The molecule has 0 aliphatic heterocycles. The number of aliphatic carboxylic acids is 1. The van der Waals surface area contributed by atoms with Crippen LogP contribution in [0.15, 0.2) is 0 Å². The maximum Gasteiger partial charge on any atom is 0.303 e. The van der Waals surface area contributed by atoms with Crippen LogP contribution >= 0.6 is 0 Å². The number of nitrogens with two attached hydrogens (primary N) is 1. The summed E-state index contributed by atoms with van der Waals surface area (Å²) in [5.74, 6) is -0.497. The molecule has 0 amide bonds. The number of nitrogens with zero attached hydrogens (tertiary/aromatic N) is 4. The topological polar surface area (TPSA) is 107 Å². The summed E-state index contributed by atoms with van der Waals surface area (Å²) < 4.78 is 0. The van der Waals surface area contributed by atoms with Gasteiger partial charge in [0.25, 0.3) is 0 Å². The van der Waals surface area contributed by atoms with Crippen LogP contribution in [-0.2, 0) is 11.8 Å². The lowest BCUT2D eigenvalue weighted by atomic mass is 10.1. The highest BCUT2D eigenvalue weighted by Crippen LogP contribution is 2.09. The van der Waals surface area contributed by atoms with Crippen molar-refractivity contribution in [3.63, 3.8) is 0 Å². The van der Waals surface area contributed by atoms with E-state index in [0.717, 1.165) is 0 Å². The fourth-order valence-electron chi connectivity index (χ4n) is 0.855. The van der Waals surface area contributed by atoms with Crippen LogP contribution in [0.3, 0.4) is 0 Å². The normalized spacial score (nSPS) is 12.8. The minimum atomic E-state index is -0.876. The van der Waals surface area contributed by atoms with Crippen LogP contribution in [0, 0.1) is 0 Å². The zero-order valence-electron chi connectivity index (χ0n) is 7.21. The van der Waals surface area contributed by atoms with Crippen molar-refractivity contribution in [2.75, 3.05) is 0 Å². The van der Waals surface area contributed by atoms with E-state index in [2.05, 4.69) is 15.4 Å². The number of carboxylic acids is 1. The number of hydrogen-bond acceptors (Lipinski definition) is 5. The molecular weight excluding hydrogens is 174 g/mol. The quantitative estimate of drug-likeness (QED) is 0.627. The number of hydrogen-bond donors (Lipinski definition) is 2. The Bertz CT molecular complexity index is 297. The first-order valence-electron chi connectivity index (χ1n) is 3.81. The zero-order valence-corrected chi connectivity index (χ0v) is 7.21. The third kappa shape index (κ3) is 2.79. The van der Waals surface area contributed by atoms with Gasteiger partial charge in [0.2, 0.25) is 0 Å². The molecule has 0 aliphatic carbocycles. The Morgan fingerprint density at radius 1 is 1.77 bits per heavy atom. The van der Waals surface area contributed by atoms with Crippen molar-refractivity contribution in [2.45, 2.75) is 18.9 Å². The Balaban J connectivity index is 2.48. The van der Waals surface area contributed by atoms with Gasteiger partial charge in [0.1, 0.15) is 0 Å². The Morgan fingerprint density at radius 3 is 2.92 bits per heavy atom. The van der Waals surface area contributed by atoms with E-state index in [1.165, 1.54) is 4.80 Å². The molecule has 0 saturated carbocycles. The number of tetrazole rings is 1. The molecule has 7 nitrogen and oxygen atoms in total. The lowest BCUT2D eigenvalue weighted by Crippen LogP contribution is -2.14. The van der Waals surface area contributed by atoms with Gasteiger partial charge in [-0.2, -0.15) is 4.80 Å². The van der Waals surface area contributed by atoms with Crippen LogP contribution in [0.2, 0.25) is 0 Å². The van der Waals surface area contributed by atoms with Gasteiger partial charge in [-0.25, -0.2) is 0 Å². The number of rotatable bonds is 4. The third-order valence-electron chi connectivity index (χ3n) is 1.52. The molecular formula is C6H11N5O2. The van der Waals surface area contributed by atoms with E-state index in [0.29, 0.717) is 12.2 Å². The van der Waals surface area contributed by atoms with E-state index in [9.17, 15) is 4.79 Å². The number of carboxylic acid groups (broad SMARTS) is 1. The van der Waals surface area contributed by atoms with Crippen molar-refractivity contribution in [2.24, 2.45) is 12.8 Å². The Kier molecular flexibility index (Phi) is 2.91. The molecule has 3 N–H and O–H groups in total. The fraction of sp³-hybridized carbons (Fsp3) is 0.667. The summed E-state index contributed by atoms with van der Waals surface area (Å²) in [4.78, 5) is 11.5. The summed E-state index contributed by atoms with van der Waals surface area (Å²) in [6.45, 7) is 0. The third-order valence-corrected chi connectivity index (χ3v) is 1.52. The van der Waals surface area contributed by atoms with Crippen molar-refractivity contribution in [3.05, 3.63) is 5.82 Å². The van der Waals surface area contributed by atoms with E-state index in [-0.39, 0.29) is 6.42 Å². The van der Waals surface area contributed by atoms with Crippen LogP contribution in [-0.4, -0.2) is 31.3 Å². The minimum Gasteiger partial charge on any atom is -0.481 e. The van der Waals surface area contributed by atoms with Gasteiger partial charge in [0, 0.05) is 6.42 Å². The first kappa shape index (κ1) is 9.59. The predicted molar refractivity (Wildman–Crippen MR) is 42.6 cm³/mol. The van der Waals surface area contributed by atoms with E-state index in [1.54, 1.807) is 7.05 Å². The van der Waals surface area contributed by atoms with E-state index >= 15 is 0 Å². The lowest BCUT2D eigenvalue weighted by molar-refractivity contribution is -0.137. The van der Waals surface area contributed by atoms with E-state index < -0.39 is 12.0 Å². The predicted octanol–water partition coefficient (Wildman–Crippen LogP) is -0.925. The second-order valence-corrected chi connectivity index (χ2v) is 2.68. The highest BCUT2D eigenvalue weighted by atomic mass is 16.4. The van der Waals surface area contributed by atoms with Gasteiger partial charge in [-0.1, -0.05) is 0 Å². The minimum absolute atomic E-state index is 0.0133. The lowest BCUT2D eigenvalue weighted by Gasteiger charge is -2.02. The standard InChI is InChI=1S/C6H11N5O2/c1-11-9-6(8-10-11)4(7)2-3-5(12)13/h4H,2-3,7H2,1H3,(H,12,13). The maximum atomic E-state index is 10.2. The van der Waals surface area contributed by atoms with Crippen LogP contribution in [0.25, 0.3) is 0 Å². The van der Waals surface area contributed by atoms with Crippen LogP contribution in [0.1, 0.15) is 24.7 Å².